The van der Waals surface area contributed by atoms with Crippen LogP contribution in [0.15, 0.2) is 30.3 Å². The Labute approximate surface area is 88.4 Å². The topological polar surface area (TPSA) is 38.8 Å². The molecule has 1 aliphatic rings. The summed E-state index contributed by atoms with van der Waals surface area (Å²) in [6.45, 7) is 2.15. The van der Waals surface area contributed by atoms with Crippen molar-refractivity contribution in [1.82, 2.24) is 0 Å². The second-order valence-corrected chi connectivity index (χ2v) is 3.27. The van der Waals surface area contributed by atoms with Gasteiger partial charge in [-0.2, -0.15) is 0 Å². The second kappa shape index (κ2) is 4.68. The number of rotatable bonds is 1. The average molecular weight is 207 g/mol. The molecule has 80 valence electrons. The summed E-state index contributed by atoms with van der Waals surface area (Å²) in [5.74, 6) is 0. The van der Waals surface area contributed by atoms with Gasteiger partial charge in [-0.15, -0.1) is 0 Å². The van der Waals surface area contributed by atoms with Crippen molar-refractivity contribution in [3.8, 4) is 0 Å². The molecule has 0 aromatic heterocycles. The predicted molar refractivity (Wildman–Crippen MR) is 56.0 cm³/mol. The van der Waals surface area contributed by atoms with Crippen molar-refractivity contribution in [2.75, 3.05) is 31.2 Å². The predicted octanol–water partition coefficient (Wildman–Crippen LogP) is 1.66. The zero-order chi connectivity index (χ0) is 10.5. The number of hydrogen-bond acceptors (Lipinski definition) is 4. The van der Waals surface area contributed by atoms with Crippen molar-refractivity contribution in [3.05, 3.63) is 30.3 Å². The van der Waals surface area contributed by atoms with Crippen LogP contribution < -0.4 is 4.90 Å². The van der Waals surface area contributed by atoms with Gasteiger partial charge in [0.2, 0.25) is 0 Å². The third-order valence-corrected chi connectivity index (χ3v) is 2.28. The van der Waals surface area contributed by atoms with Crippen molar-refractivity contribution in [2.45, 2.75) is 0 Å². The Kier molecular flexibility index (Phi) is 3.07. The van der Waals surface area contributed by atoms with Crippen molar-refractivity contribution < 1.29 is 14.3 Å². The molecule has 0 radical (unpaired) electrons. The van der Waals surface area contributed by atoms with Gasteiger partial charge in [-0.1, -0.05) is 18.2 Å². The molecule has 4 nitrogen and oxygen atoms in total. The Morgan fingerprint density at radius 2 is 1.60 bits per heavy atom. The molecular formula is C11H13NO3. The Balaban J connectivity index is 2.01. The maximum absolute atomic E-state index is 10.8. The molecule has 1 aromatic carbocycles. The van der Waals surface area contributed by atoms with E-state index in [0.717, 1.165) is 5.69 Å². The fourth-order valence-corrected chi connectivity index (χ4v) is 1.53. The largest absolute Gasteiger partial charge is 0.508 e. The van der Waals surface area contributed by atoms with E-state index in [2.05, 4.69) is 4.90 Å². The van der Waals surface area contributed by atoms with Crippen molar-refractivity contribution in [2.24, 2.45) is 0 Å². The number of cyclic esters (lactones) is 2. The Hall–Kier alpha value is -1.71. The van der Waals surface area contributed by atoms with Crippen molar-refractivity contribution in [1.29, 1.82) is 0 Å². The van der Waals surface area contributed by atoms with Crippen LogP contribution in [0.4, 0.5) is 10.5 Å². The molecule has 1 saturated heterocycles. The minimum atomic E-state index is -0.567. The van der Waals surface area contributed by atoms with E-state index in [1.165, 1.54) is 0 Å². The number of hydrogen-bond donors (Lipinski definition) is 0. The molecule has 1 aliphatic heterocycles. The smallest absolute Gasteiger partial charge is 0.432 e. The first kappa shape index (κ1) is 9.83. The first-order valence-corrected chi connectivity index (χ1v) is 4.96. The van der Waals surface area contributed by atoms with Gasteiger partial charge in [0, 0.05) is 5.69 Å². The van der Waals surface area contributed by atoms with Gasteiger partial charge in [-0.3, -0.25) is 0 Å². The fraction of sp³-hybridized carbons (Fsp3) is 0.364. The number of para-hydroxylation sites is 1. The van der Waals surface area contributed by atoms with Gasteiger partial charge in [0.15, 0.2) is 0 Å². The quantitative estimate of drug-likeness (QED) is 0.656. The highest BCUT2D eigenvalue weighted by atomic mass is 16.7. The summed E-state index contributed by atoms with van der Waals surface area (Å²) in [6.07, 6.45) is -0.567. The van der Waals surface area contributed by atoms with Crippen LogP contribution in [0.1, 0.15) is 0 Å². The Morgan fingerprint density at radius 3 is 2.20 bits per heavy atom. The van der Waals surface area contributed by atoms with Crippen molar-refractivity contribution >= 4 is 11.8 Å². The van der Waals surface area contributed by atoms with E-state index in [-0.39, 0.29) is 0 Å². The van der Waals surface area contributed by atoms with Crippen LogP contribution in [0.5, 0.6) is 0 Å². The maximum atomic E-state index is 10.8. The van der Waals surface area contributed by atoms with Crippen LogP contribution in [0.2, 0.25) is 0 Å². The van der Waals surface area contributed by atoms with Gasteiger partial charge in [-0.25, -0.2) is 4.79 Å². The molecule has 0 spiro atoms. The lowest BCUT2D eigenvalue weighted by atomic mass is 10.3. The molecule has 1 fully saturated rings. The number of anilines is 1. The van der Waals surface area contributed by atoms with Crippen molar-refractivity contribution in [3.63, 3.8) is 0 Å². The van der Waals surface area contributed by atoms with Crippen LogP contribution in [-0.4, -0.2) is 32.5 Å². The van der Waals surface area contributed by atoms with E-state index >= 15 is 0 Å². The molecule has 0 saturated carbocycles. The van der Waals surface area contributed by atoms with Gasteiger partial charge >= 0.3 is 6.16 Å². The van der Waals surface area contributed by atoms with Crippen LogP contribution in [0.25, 0.3) is 0 Å². The lowest BCUT2D eigenvalue weighted by Gasteiger charge is -2.26. The van der Waals surface area contributed by atoms with Crippen LogP contribution in [-0.2, 0) is 9.47 Å². The normalized spacial score (nSPS) is 17.3. The lowest BCUT2D eigenvalue weighted by molar-refractivity contribution is 0.0519. The fourth-order valence-electron chi connectivity index (χ4n) is 1.53. The third-order valence-electron chi connectivity index (χ3n) is 2.28. The lowest BCUT2D eigenvalue weighted by Crippen LogP contribution is -2.34. The number of ether oxygens (including phenoxy) is 2. The van der Waals surface area contributed by atoms with Gasteiger partial charge in [0.1, 0.15) is 13.2 Å². The molecular weight excluding hydrogens is 194 g/mol. The highest BCUT2D eigenvalue weighted by Crippen LogP contribution is 2.13. The maximum Gasteiger partial charge on any atom is 0.508 e. The summed E-state index contributed by atoms with van der Waals surface area (Å²) in [4.78, 5) is 12.9. The third kappa shape index (κ3) is 2.62. The van der Waals surface area contributed by atoms with Gasteiger partial charge < -0.3 is 14.4 Å². The minimum Gasteiger partial charge on any atom is -0.432 e. The Morgan fingerprint density at radius 1 is 1.00 bits per heavy atom. The second-order valence-electron chi connectivity index (χ2n) is 3.27. The molecule has 0 N–H and O–H groups in total. The summed E-state index contributed by atoms with van der Waals surface area (Å²) in [5, 5.41) is 0. The summed E-state index contributed by atoms with van der Waals surface area (Å²) in [7, 11) is 0. The summed E-state index contributed by atoms with van der Waals surface area (Å²) >= 11 is 0. The molecule has 4 heteroatoms. The molecule has 15 heavy (non-hydrogen) atoms. The average Bonchev–Trinajstić information content (AvgIpc) is 2.24. The van der Waals surface area contributed by atoms with E-state index in [0.29, 0.717) is 26.3 Å². The molecule has 1 heterocycles. The summed E-state index contributed by atoms with van der Waals surface area (Å²) < 4.78 is 9.66. The van der Waals surface area contributed by atoms with Gasteiger partial charge in [0.05, 0.1) is 13.1 Å². The summed E-state index contributed by atoms with van der Waals surface area (Å²) in [6, 6.07) is 10.0. The zero-order valence-corrected chi connectivity index (χ0v) is 8.39. The molecule has 0 unspecified atom stereocenters. The highest BCUT2D eigenvalue weighted by Gasteiger charge is 2.13. The molecule has 0 atom stereocenters. The monoisotopic (exact) mass is 207 g/mol. The molecule has 0 aliphatic carbocycles. The zero-order valence-electron chi connectivity index (χ0n) is 8.39. The van der Waals surface area contributed by atoms with E-state index < -0.39 is 6.16 Å². The number of carbonyl (C=O) groups is 1. The minimum absolute atomic E-state index is 0.369. The SMILES string of the molecule is O=C1OCCN(c2ccccc2)CCO1. The number of carbonyl (C=O) groups excluding carboxylic acids is 1. The first-order chi connectivity index (χ1) is 7.36. The van der Waals surface area contributed by atoms with E-state index in [9.17, 15) is 4.79 Å². The van der Waals surface area contributed by atoms with E-state index in [1.54, 1.807) is 0 Å². The van der Waals surface area contributed by atoms with Gasteiger partial charge in [-0.05, 0) is 12.1 Å². The first-order valence-electron chi connectivity index (χ1n) is 4.96. The number of nitrogens with zero attached hydrogens (tertiary/aromatic N) is 1. The van der Waals surface area contributed by atoms with Crippen LogP contribution in [0.3, 0.4) is 0 Å². The standard InChI is InChI=1S/C11H13NO3/c13-11-14-8-6-12(7-9-15-11)10-4-2-1-3-5-10/h1-5H,6-9H2. The van der Waals surface area contributed by atoms with E-state index in [4.69, 9.17) is 9.47 Å². The van der Waals surface area contributed by atoms with Gasteiger partial charge in [0.25, 0.3) is 0 Å². The highest BCUT2D eigenvalue weighted by molar-refractivity contribution is 5.60. The molecule has 0 bridgehead atoms. The summed E-state index contributed by atoms with van der Waals surface area (Å²) in [5.41, 5.74) is 1.12. The van der Waals surface area contributed by atoms with Crippen LogP contribution in [0, 0.1) is 0 Å². The molecule has 0 amide bonds. The van der Waals surface area contributed by atoms with E-state index in [1.807, 2.05) is 30.3 Å². The number of benzene rings is 1. The molecule has 2 rings (SSSR count). The van der Waals surface area contributed by atoms with Crippen LogP contribution >= 0.6 is 0 Å². The Bertz CT molecular complexity index is 314. The molecule has 1 aromatic rings.